The number of nitrogens with zero attached hydrogens (tertiary/aromatic N) is 4. The molecule has 0 bridgehead atoms. The maximum Gasteiger partial charge on any atom is 0.165 e. The van der Waals surface area contributed by atoms with Crippen LogP contribution in [0.25, 0.3) is 116 Å². The molecule has 0 N–H and O–H groups in total. The van der Waals surface area contributed by atoms with E-state index in [9.17, 15) is 0 Å². The molecule has 1 aliphatic rings. The molecule has 0 amide bonds. The Kier molecular flexibility index (Phi) is 5.16. The maximum absolute atomic E-state index is 6.67. The Balaban J connectivity index is 1.21. The van der Waals surface area contributed by atoms with E-state index in [1.165, 1.54) is 60.2 Å². The lowest BCUT2D eigenvalue weighted by atomic mass is 10.0. The lowest BCUT2D eigenvalue weighted by Crippen LogP contribution is -2.21. The zero-order chi connectivity index (χ0) is 34.4. The third-order valence-corrected chi connectivity index (χ3v) is 11.7. The molecule has 0 spiro atoms. The van der Waals surface area contributed by atoms with Crippen molar-refractivity contribution in [1.82, 2.24) is 18.9 Å². The van der Waals surface area contributed by atoms with Gasteiger partial charge in [0, 0.05) is 43.6 Å². The van der Waals surface area contributed by atoms with Crippen molar-refractivity contribution >= 4 is 87.9 Å². The third-order valence-electron chi connectivity index (χ3n) is 11.7. The molecule has 0 aliphatic heterocycles. The molecule has 1 aliphatic carbocycles. The number of aromatic nitrogens is 4. The second-order valence-electron chi connectivity index (χ2n) is 14.4. The van der Waals surface area contributed by atoms with Crippen molar-refractivity contribution in [2.75, 3.05) is 0 Å². The van der Waals surface area contributed by atoms with E-state index in [0.29, 0.717) is 0 Å². The van der Waals surface area contributed by atoms with Gasteiger partial charge in [0.15, 0.2) is 5.82 Å². The zero-order valence-electron chi connectivity index (χ0n) is 28.5. The molecule has 5 aromatic heterocycles. The summed E-state index contributed by atoms with van der Waals surface area (Å²) in [6, 6.07) is 49.7. The minimum atomic E-state index is 0.834. The van der Waals surface area contributed by atoms with Gasteiger partial charge in [-0.05, 0) is 65.8 Å². The summed E-state index contributed by atoms with van der Waals surface area (Å²) in [5, 5.41) is 10.8. The molecule has 246 valence electrons. The third kappa shape index (κ3) is 3.51. The SMILES string of the molecule is C1=c2c3c(n4c5ccccc5c5ccc6oc7ccc(c3c7c6c54)n2-c2nc3c(ccc4ccccc43)nc2-c2ccc(-c3ccccc3)cc2)CC1. The lowest BCUT2D eigenvalue weighted by Gasteiger charge is -2.16. The first-order valence-electron chi connectivity index (χ1n) is 18.3. The van der Waals surface area contributed by atoms with Crippen LogP contribution in [0.2, 0.25) is 0 Å². The normalized spacial score (nSPS) is 13.3. The van der Waals surface area contributed by atoms with E-state index in [2.05, 4.69) is 155 Å². The number of hydrogen-bond donors (Lipinski definition) is 0. The van der Waals surface area contributed by atoms with Gasteiger partial charge in [0.1, 0.15) is 16.9 Å². The summed E-state index contributed by atoms with van der Waals surface area (Å²) >= 11 is 0. The van der Waals surface area contributed by atoms with Crippen LogP contribution in [0.5, 0.6) is 0 Å². The number of furan rings is 1. The van der Waals surface area contributed by atoms with Gasteiger partial charge >= 0.3 is 0 Å². The predicted octanol–water partition coefficient (Wildman–Crippen LogP) is 11.4. The second kappa shape index (κ2) is 9.87. The number of rotatable bonds is 3. The molecule has 5 heteroatoms. The fourth-order valence-electron chi connectivity index (χ4n) is 9.47. The molecule has 0 unspecified atom stereocenters. The van der Waals surface area contributed by atoms with Gasteiger partial charge in [-0.15, -0.1) is 0 Å². The molecule has 0 saturated carbocycles. The number of hydrogen-bond acceptors (Lipinski definition) is 3. The van der Waals surface area contributed by atoms with Crippen molar-refractivity contribution < 1.29 is 4.42 Å². The zero-order valence-corrected chi connectivity index (χ0v) is 28.5. The van der Waals surface area contributed by atoms with Crippen molar-refractivity contribution in [3.63, 3.8) is 0 Å². The molecule has 5 nitrogen and oxygen atoms in total. The van der Waals surface area contributed by atoms with Crippen LogP contribution in [-0.4, -0.2) is 18.9 Å². The van der Waals surface area contributed by atoms with Crippen LogP contribution in [0.3, 0.4) is 0 Å². The summed E-state index contributed by atoms with van der Waals surface area (Å²) in [4.78, 5) is 11.1. The summed E-state index contributed by atoms with van der Waals surface area (Å²) in [5.41, 5.74) is 12.8. The van der Waals surface area contributed by atoms with Crippen molar-refractivity contribution in [1.29, 1.82) is 0 Å². The largest absolute Gasteiger partial charge is 0.456 e. The second-order valence-corrected chi connectivity index (χ2v) is 14.4. The summed E-state index contributed by atoms with van der Waals surface area (Å²) in [7, 11) is 0. The molecule has 0 atom stereocenters. The van der Waals surface area contributed by atoms with Crippen LogP contribution < -0.4 is 5.35 Å². The monoisotopic (exact) mass is 676 g/mol. The van der Waals surface area contributed by atoms with E-state index in [1.54, 1.807) is 0 Å². The molecule has 13 rings (SSSR count). The van der Waals surface area contributed by atoms with Crippen molar-refractivity contribution in [2.24, 2.45) is 0 Å². The topological polar surface area (TPSA) is 48.3 Å². The molecule has 0 radical (unpaired) electrons. The van der Waals surface area contributed by atoms with Crippen LogP contribution in [-0.2, 0) is 6.42 Å². The van der Waals surface area contributed by atoms with E-state index in [1.807, 2.05) is 0 Å². The van der Waals surface area contributed by atoms with Gasteiger partial charge in [-0.3, -0.25) is 4.57 Å². The van der Waals surface area contributed by atoms with E-state index >= 15 is 0 Å². The van der Waals surface area contributed by atoms with Crippen molar-refractivity contribution in [2.45, 2.75) is 12.8 Å². The Labute approximate surface area is 302 Å². The lowest BCUT2D eigenvalue weighted by molar-refractivity contribution is 0.669. The van der Waals surface area contributed by atoms with E-state index in [-0.39, 0.29) is 0 Å². The highest BCUT2D eigenvalue weighted by Crippen LogP contribution is 2.46. The fourth-order valence-corrected chi connectivity index (χ4v) is 9.47. The highest BCUT2D eigenvalue weighted by Gasteiger charge is 2.29. The number of aryl methyl sites for hydroxylation is 1. The average molecular weight is 677 g/mol. The number of para-hydroxylation sites is 1. The highest BCUT2D eigenvalue weighted by atomic mass is 16.3. The van der Waals surface area contributed by atoms with Gasteiger partial charge < -0.3 is 8.82 Å². The van der Waals surface area contributed by atoms with Gasteiger partial charge in [-0.25, -0.2) is 9.97 Å². The van der Waals surface area contributed by atoms with Gasteiger partial charge in [-0.2, -0.15) is 0 Å². The van der Waals surface area contributed by atoms with Crippen LogP contribution in [0.4, 0.5) is 0 Å². The van der Waals surface area contributed by atoms with E-state index in [4.69, 9.17) is 14.4 Å². The van der Waals surface area contributed by atoms with Gasteiger partial charge in [0.05, 0.1) is 38.3 Å². The molecule has 0 fully saturated rings. The summed E-state index contributed by atoms with van der Waals surface area (Å²) in [5.74, 6) is 0.834. The Morgan fingerprint density at radius 2 is 1.28 bits per heavy atom. The first-order valence-corrected chi connectivity index (χ1v) is 18.3. The number of fused-ring (bicyclic) bond motifs is 7. The smallest absolute Gasteiger partial charge is 0.165 e. The molecular formula is C48H28N4O. The Bertz CT molecular complexity index is 3550. The first-order chi connectivity index (χ1) is 26.3. The summed E-state index contributed by atoms with van der Waals surface area (Å²) < 4.78 is 11.6. The minimum Gasteiger partial charge on any atom is -0.456 e. The van der Waals surface area contributed by atoms with E-state index in [0.717, 1.165) is 73.8 Å². The van der Waals surface area contributed by atoms with Crippen molar-refractivity contribution in [3.05, 3.63) is 151 Å². The maximum atomic E-state index is 6.67. The quantitative estimate of drug-likeness (QED) is 0.175. The summed E-state index contributed by atoms with van der Waals surface area (Å²) in [6.07, 6.45) is 4.28. The molecule has 53 heavy (non-hydrogen) atoms. The van der Waals surface area contributed by atoms with Crippen LogP contribution >= 0.6 is 0 Å². The van der Waals surface area contributed by atoms with Gasteiger partial charge in [0.25, 0.3) is 0 Å². The van der Waals surface area contributed by atoms with E-state index < -0.39 is 0 Å². The minimum absolute atomic E-state index is 0.834. The number of benzene rings is 7. The Morgan fingerprint density at radius 1 is 0.528 bits per heavy atom. The first kappa shape index (κ1) is 27.7. The van der Waals surface area contributed by atoms with Crippen LogP contribution in [0.15, 0.2) is 144 Å². The molecule has 0 saturated heterocycles. The fraction of sp³-hybridized carbons (Fsp3) is 0.0417. The molecule has 5 heterocycles. The molecule has 7 aromatic carbocycles. The molecular weight excluding hydrogens is 649 g/mol. The molecule has 12 aromatic rings. The van der Waals surface area contributed by atoms with Gasteiger partial charge in [-0.1, -0.05) is 109 Å². The Morgan fingerprint density at radius 3 is 2.19 bits per heavy atom. The predicted molar refractivity (Wildman–Crippen MR) is 217 cm³/mol. The van der Waals surface area contributed by atoms with Crippen molar-refractivity contribution in [3.8, 4) is 28.2 Å². The Hall–Kier alpha value is -6.98. The van der Waals surface area contributed by atoms with Crippen LogP contribution in [0.1, 0.15) is 12.1 Å². The summed E-state index contributed by atoms with van der Waals surface area (Å²) in [6.45, 7) is 0. The standard InChI is InChI=1S/C48H28N4O/c1-2-9-27(10-3-1)28-17-19-30(20-18-28)45-48(50-46-31-12-5-4-11-29(31)21-23-34(46)49-45)52-37-16-8-15-36-41(37)42-38(52)24-26-39-43(42)44-40(53-39)25-22-33-32-13-6-7-14-35(32)51(36)47(33)44/h1-7,9-14,16-26H,8,15H2. The van der Waals surface area contributed by atoms with Crippen LogP contribution in [0, 0.1) is 0 Å². The van der Waals surface area contributed by atoms with Gasteiger partial charge in [0.2, 0.25) is 0 Å². The highest BCUT2D eigenvalue weighted by molar-refractivity contribution is 6.33. The average Bonchev–Trinajstić information content (AvgIpc) is 3.85.